The fourth-order valence-corrected chi connectivity index (χ4v) is 0.508. The van der Waals surface area contributed by atoms with Gasteiger partial charge in [-0.05, 0) is 0 Å². The predicted octanol–water partition coefficient (Wildman–Crippen LogP) is 2.42. The van der Waals surface area contributed by atoms with E-state index in [0.717, 1.165) is 19.0 Å². The van der Waals surface area contributed by atoms with Crippen molar-refractivity contribution in [1.82, 2.24) is 0 Å². The monoisotopic (exact) mass is 165 g/mol. The first-order chi connectivity index (χ1) is 3.77. The SMILES string of the molecule is CCC[N-]CC(C)C.[V]. The molecule has 2 heteroatoms. The van der Waals surface area contributed by atoms with E-state index < -0.39 is 0 Å². The third-order valence-corrected chi connectivity index (χ3v) is 0.876. The van der Waals surface area contributed by atoms with Crippen LogP contribution in [0.15, 0.2) is 0 Å². The molecular formula is C7H16NV-. The maximum Gasteiger partial charge on any atom is 0 e. The van der Waals surface area contributed by atoms with Crippen LogP contribution in [0.2, 0.25) is 0 Å². The summed E-state index contributed by atoms with van der Waals surface area (Å²) in [6.45, 7) is 8.62. The Hall–Kier alpha value is 0.544. The Morgan fingerprint density at radius 2 is 1.89 bits per heavy atom. The molecule has 0 amide bonds. The van der Waals surface area contributed by atoms with Crippen molar-refractivity contribution in [3.05, 3.63) is 5.32 Å². The molecule has 0 aromatic heterocycles. The molecule has 0 aliphatic heterocycles. The topological polar surface area (TPSA) is 14.1 Å². The fraction of sp³-hybridized carbons (Fsp3) is 1.00. The Morgan fingerprint density at radius 1 is 1.33 bits per heavy atom. The Labute approximate surface area is 70.5 Å². The van der Waals surface area contributed by atoms with E-state index in [1.54, 1.807) is 0 Å². The molecule has 0 atom stereocenters. The van der Waals surface area contributed by atoms with Crippen LogP contribution in [0.25, 0.3) is 5.32 Å². The summed E-state index contributed by atoms with van der Waals surface area (Å²) in [4.78, 5) is 0. The number of hydrogen-bond acceptors (Lipinski definition) is 0. The minimum atomic E-state index is 0. The summed E-state index contributed by atoms with van der Waals surface area (Å²) in [6, 6.07) is 0. The molecule has 55 valence electrons. The van der Waals surface area contributed by atoms with Crippen LogP contribution in [-0.2, 0) is 18.6 Å². The van der Waals surface area contributed by atoms with Gasteiger partial charge in [0.1, 0.15) is 0 Å². The average Bonchev–Trinajstić information content (AvgIpc) is 1.66. The summed E-state index contributed by atoms with van der Waals surface area (Å²) in [7, 11) is 0. The van der Waals surface area contributed by atoms with Gasteiger partial charge in [-0.25, -0.2) is 0 Å². The van der Waals surface area contributed by atoms with Crippen molar-refractivity contribution < 1.29 is 18.6 Å². The van der Waals surface area contributed by atoms with Crippen molar-refractivity contribution in [3.63, 3.8) is 0 Å². The Morgan fingerprint density at radius 3 is 2.22 bits per heavy atom. The number of hydrogen-bond donors (Lipinski definition) is 0. The van der Waals surface area contributed by atoms with Gasteiger partial charge in [-0.2, -0.15) is 0 Å². The molecule has 0 aliphatic carbocycles. The van der Waals surface area contributed by atoms with E-state index in [1.165, 1.54) is 6.42 Å². The molecule has 0 fully saturated rings. The number of rotatable bonds is 4. The minimum Gasteiger partial charge on any atom is -0.662 e. The molecule has 0 aromatic carbocycles. The molecule has 9 heavy (non-hydrogen) atoms. The first kappa shape index (κ1) is 12.2. The van der Waals surface area contributed by atoms with Gasteiger partial charge < -0.3 is 5.32 Å². The largest absolute Gasteiger partial charge is 0.662 e. The van der Waals surface area contributed by atoms with Crippen molar-refractivity contribution in [2.24, 2.45) is 5.92 Å². The molecule has 1 radical (unpaired) electrons. The van der Waals surface area contributed by atoms with Gasteiger partial charge in [-0.15, -0.1) is 13.1 Å². The summed E-state index contributed by atoms with van der Waals surface area (Å²) in [5.74, 6) is 0.738. The maximum atomic E-state index is 4.29. The minimum absolute atomic E-state index is 0. The molecule has 0 aromatic rings. The van der Waals surface area contributed by atoms with Gasteiger partial charge in [-0.3, -0.25) is 0 Å². The standard InChI is InChI=1S/C7H16N.V/c1-4-5-8-6-7(2)3;/h7H,4-6H2,1-3H3;/q-1;. The summed E-state index contributed by atoms with van der Waals surface area (Å²) in [5.41, 5.74) is 0. The Balaban J connectivity index is 0. The Bertz CT molecular complexity index is 46.2. The second-order valence-corrected chi connectivity index (χ2v) is 2.52. The van der Waals surface area contributed by atoms with Crippen molar-refractivity contribution in [1.29, 1.82) is 0 Å². The fourth-order valence-electron chi connectivity index (χ4n) is 0.508. The van der Waals surface area contributed by atoms with Gasteiger partial charge in [0.25, 0.3) is 0 Å². The summed E-state index contributed by atoms with van der Waals surface area (Å²) >= 11 is 0. The van der Waals surface area contributed by atoms with Gasteiger partial charge >= 0.3 is 0 Å². The van der Waals surface area contributed by atoms with Gasteiger partial charge in [0, 0.05) is 18.6 Å². The van der Waals surface area contributed by atoms with E-state index >= 15 is 0 Å². The van der Waals surface area contributed by atoms with E-state index in [-0.39, 0.29) is 18.6 Å². The van der Waals surface area contributed by atoms with E-state index in [9.17, 15) is 0 Å². The van der Waals surface area contributed by atoms with Crippen LogP contribution in [0, 0.1) is 5.92 Å². The van der Waals surface area contributed by atoms with Crippen LogP contribution in [0.5, 0.6) is 0 Å². The molecule has 0 rings (SSSR count). The normalized spacial score (nSPS) is 9.33. The van der Waals surface area contributed by atoms with Crippen LogP contribution in [-0.4, -0.2) is 13.1 Å². The first-order valence-electron chi connectivity index (χ1n) is 3.40. The molecule has 0 bridgehead atoms. The van der Waals surface area contributed by atoms with Gasteiger partial charge in [-0.1, -0.05) is 33.1 Å². The van der Waals surface area contributed by atoms with E-state index in [4.69, 9.17) is 0 Å². The third-order valence-electron chi connectivity index (χ3n) is 0.876. The zero-order valence-electron chi connectivity index (χ0n) is 6.59. The predicted molar refractivity (Wildman–Crippen MR) is 38.2 cm³/mol. The van der Waals surface area contributed by atoms with Crippen LogP contribution in [0.4, 0.5) is 0 Å². The molecule has 1 nitrogen and oxygen atoms in total. The molecular weight excluding hydrogens is 149 g/mol. The summed E-state index contributed by atoms with van der Waals surface area (Å²) in [5, 5.41) is 4.29. The maximum absolute atomic E-state index is 4.29. The molecule has 0 spiro atoms. The molecule has 0 saturated heterocycles. The van der Waals surface area contributed by atoms with Crippen molar-refractivity contribution in [2.45, 2.75) is 27.2 Å². The van der Waals surface area contributed by atoms with E-state index in [1.807, 2.05) is 0 Å². The van der Waals surface area contributed by atoms with Crippen LogP contribution >= 0.6 is 0 Å². The van der Waals surface area contributed by atoms with Crippen LogP contribution < -0.4 is 0 Å². The van der Waals surface area contributed by atoms with Gasteiger partial charge in [0.2, 0.25) is 0 Å². The zero-order valence-corrected chi connectivity index (χ0v) is 7.99. The van der Waals surface area contributed by atoms with Gasteiger partial charge in [0.05, 0.1) is 0 Å². The van der Waals surface area contributed by atoms with Crippen molar-refractivity contribution in [2.75, 3.05) is 13.1 Å². The van der Waals surface area contributed by atoms with Crippen molar-refractivity contribution in [3.8, 4) is 0 Å². The summed E-state index contributed by atoms with van der Waals surface area (Å²) in [6.07, 6.45) is 1.19. The Kier molecular flexibility index (Phi) is 11.6. The quantitative estimate of drug-likeness (QED) is 0.568. The molecule has 0 N–H and O–H groups in total. The van der Waals surface area contributed by atoms with E-state index in [0.29, 0.717) is 0 Å². The van der Waals surface area contributed by atoms with Gasteiger partial charge in [0.15, 0.2) is 0 Å². The second-order valence-electron chi connectivity index (χ2n) is 2.52. The third kappa shape index (κ3) is 11.9. The summed E-state index contributed by atoms with van der Waals surface area (Å²) < 4.78 is 0. The second kappa shape index (κ2) is 8.54. The smallest absolute Gasteiger partial charge is 0 e. The van der Waals surface area contributed by atoms with Crippen molar-refractivity contribution >= 4 is 0 Å². The average molecular weight is 165 g/mol. The molecule has 0 heterocycles. The first-order valence-corrected chi connectivity index (χ1v) is 3.40. The molecule has 0 saturated carbocycles. The van der Waals surface area contributed by atoms with E-state index in [2.05, 4.69) is 26.1 Å². The van der Waals surface area contributed by atoms with Crippen LogP contribution in [0.3, 0.4) is 0 Å². The van der Waals surface area contributed by atoms with Crippen LogP contribution in [0.1, 0.15) is 27.2 Å². The zero-order chi connectivity index (χ0) is 6.41. The number of nitrogens with zero attached hydrogens (tertiary/aromatic N) is 1. The molecule has 0 unspecified atom stereocenters. The molecule has 0 aliphatic rings.